The van der Waals surface area contributed by atoms with Gasteiger partial charge in [-0.3, -0.25) is 4.79 Å². The van der Waals surface area contributed by atoms with Gasteiger partial charge in [0.05, 0.1) is 23.3 Å². The SMILES string of the molecule is C[NH+](CC(=O)Nc1ccccc1OC(F)F)Cc1c(F)cccc1Cl. The molecule has 0 aliphatic heterocycles. The average molecular weight is 374 g/mol. The van der Waals surface area contributed by atoms with Crippen LogP contribution in [0.5, 0.6) is 5.75 Å². The molecular formula is C17H17ClF3N2O2+. The first kappa shape index (κ1) is 19.1. The predicted molar refractivity (Wildman–Crippen MR) is 88.6 cm³/mol. The van der Waals surface area contributed by atoms with Crippen molar-refractivity contribution >= 4 is 23.2 Å². The molecule has 4 nitrogen and oxygen atoms in total. The Balaban J connectivity index is 1.98. The molecule has 1 amide bonds. The molecule has 2 aromatic rings. The fourth-order valence-corrected chi connectivity index (χ4v) is 2.53. The summed E-state index contributed by atoms with van der Waals surface area (Å²) in [6, 6.07) is 10.3. The van der Waals surface area contributed by atoms with Gasteiger partial charge in [-0.1, -0.05) is 29.8 Å². The van der Waals surface area contributed by atoms with Crippen molar-refractivity contribution in [3.8, 4) is 5.75 Å². The van der Waals surface area contributed by atoms with E-state index in [0.717, 1.165) is 0 Å². The maximum absolute atomic E-state index is 13.8. The zero-order valence-electron chi connectivity index (χ0n) is 13.4. The third kappa shape index (κ3) is 5.65. The number of amides is 1. The van der Waals surface area contributed by atoms with Gasteiger partial charge in [-0.05, 0) is 24.3 Å². The number of carbonyl (C=O) groups is 1. The highest BCUT2D eigenvalue weighted by atomic mass is 35.5. The number of benzene rings is 2. The zero-order chi connectivity index (χ0) is 18.4. The van der Waals surface area contributed by atoms with Crippen LogP contribution >= 0.6 is 11.6 Å². The van der Waals surface area contributed by atoms with E-state index in [2.05, 4.69) is 10.1 Å². The molecule has 0 aliphatic carbocycles. The summed E-state index contributed by atoms with van der Waals surface area (Å²) in [4.78, 5) is 12.8. The van der Waals surface area contributed by atoms with Gasteiger partial charge >= 0.3 is 6.61 Å². The van der Waals surface area contributed by atoms with E-state index in [1.807, 2.05) is 0 Å². The van der Waals surface area contributed by atoms with Gasteiger partial charge in [-0.2, -0.15) is 8.78 Å². The first-order valence-corrected chi connectivity index (χ1v) is 7.82. The number of quaternary nitrogens is 1. The standard InChI is InChI=1S/C17H16ClF3N2O2/c1-23(9-11-12(18)5-4-6-13(11)19)10-16(24)22-14-7-2-3-8-15(14)25-17(20)21/h2-8,17H,9-10H2,1H3,(H,22,24)/p+1. The van der Waals surface area contributed by atoms with Crippen LogP contribution in [0.1, 0.15) is 5.56 Å². The Bertz CT molecular complexity index is 723. The van der Waals surface area contributed by atoms with Crippen LogP contribution in [0.2, 0.25) is 5.02 Å². The first-order chi connectivity index (χ1) is 11.9. The van der Waals surface area contributed by atoms with Crippen LogP contribution in [0.25, 0.3) is 0 Å². The lowest BCUT2D eigenvalue weighted by atomic mass is 10.2. The third-order valence-corrected chi connectivity index (χ3v) is 3.73. The van der Waals surface area contributed by atoms with Gasteiger partial charge in [0.15, 0.2) is 6.54 Å². The second-order valence-electron chi connectivity index (χ2n) is 5.43. The molecule has 0 saturated heterocycles. The number of nitrogens with one attached hydrogen (secondary N) is 2. The van der Waals surface area contributed by atoms with Gasteiger partial charge in [-0.15, -0.1) is 0 Å². The van der Waals surface area contributed by atoms with Crippen molar-refractivity contribution in [1.29, 1.82) is 0 Å². The highest BCUT2D eigenvalue weighted by Gasteiger charge is 2.17. The number of hydrogen-bond acceptors (Lipinski definition) is 2. The largest absolute Gasteiger partial charge is 0.433 e. The number of para-hydroxylation sites is 2. The van der Waals surface area contributed by atoms with Crippen molar-refractivity contribution in [2.24, 2.45) is 0 Å². The van der Waals surface area contributed by atoms with E-state index in [1.165, 1.54) is 30.3 Å². The fourth-order valence-electron chi connectivity index (χ4n) is 2.30. The Morgan fingerprint density at radius 1 is 1.24 bits per heavy atom. The molecule has 2 rings (SSSR count). The predicted octanol–water partition coefficient (Wildman–Crippen LogP) is 2.73. The molecule has 0 heterocycles. The second-order valence-corrected chi connectivity index (χ2v) is 5.84. The number of hydrogen-bond donors (Lipinski definition) is 2. The minimum atomic E-state index is -2.99. The molecule has 2 N–H and O–H groups in total. The molecule has 1 unspecified atom stereocenters. The minimum Gasteiger partial charge on any atom is -0.433 e. The molecule has 0 fully saturated rings. The van der Waals surface area contributed by atoms with Gasteiger partial charge in [0.25, 0.3) is 5.91 Å². The lowest BCUT2D eigenvalue weighted by molar-refractivity contribution is -0.885. The molecule has 134 valence electrons. The molecule has 1 atom stereocenters. The fraction of sp³-hybridized carbons (Fsp3) is 0.235. The number of carbonyl (C=O) groups excluding carboxylic acids is 1. The molecule has 0 radical (unpaired) electrons. The first-order valence-electron chi connectivity index (χ1n) is 7.44. The summed E-state index contributed by atoms with van der Waals surface area (Å²) in [5, 5.41) is 2.80. The topological polar surface area (TPSA) is 42.8 Å². The maximum atomic E-state index is 13.8. The summed E-state index contributed by atoms with van der Waals surface area (Å²) in [6.07, 6.45) is 0. The molecule has 0 bridgehead atoms. The van der Waals surface area contributed by atoms with Gasteiger partial charge in [0, 0.05) is 0 Å². The molecule has 8 heteroatoms. The van der Waals surface area contributed by atoms with E-state index in [-0.39, 0.29) is 29.5 Å². The maximum Gasteiger partial charge on any atom is 0.387 e. The number of anilines is 1. The third-order valence-electron chi connectivity index (χ3n) is 3.38. The summed E-state index contributed by atoms with van der Waals surface area (Å²) in [6.45, 7) is -2.79. The summed E-state index contributed by atoms with van der Waals surface area (Å²) in [5.74, 6) is -0.987. The summed E-state index contributed by atoms with van der Waals surface area (Å²) in [5.41, 5.74) is 0.459. The van der Waals surface area contributed by atoms with Gasteiger partial charge in [0.2, 0.25) is 0 Å². The van der Waals surface area contributed by atoms with Crippen molar-refractivity contribution in [2.75, 3.05) is 18.9 Å². The van der Waals surface area contributed by atoms with Crippen molar-refractivity contribution in [3.63, 3.8) is 0 Å². The normalized spacial score (nSPS) is 12.1. The van der Waals surface area contributed by atoms with Crippen LogP contribution in [0, 0.1) is 5.82 Å². The van der Waals surface area contributed by atoms with E-state index < -0.39 is 18.3 Å². The van der Waals surface area contributed by atoms with Gasteiger partial charge in [0.1, 0.15) is 18.1 Å². The van der Waals surface area contributed by atoms with Crippen LogP contribution in [0.15, 0.2) is 42.5 Å². The van der Waals surface area contributed by atoms with Crippen molar-refractivity contribution in [1.82, 2.24) is 0 Å². The Kier molecular flexibility index (Phi) is 6.66. The number of rotatable bonds is 7. The van der Waals surface area contributed by atoms with E-state index >= 15 is 0 Å². The Labute approximate surface area is 148 Å². The Hall–Kier alpha value is -2.25. The van der Waals surface area contributed by atoms with E-state index in [0.29, 0.717) is 10.5 Å². The summed E-state index contributed by atoms with van der Waals surface area (Å²) in [7, 11) is 1.70. The highest BCUT2D eigenvalue weighted by molar-refractivity contribution is 6.31. The van der Waals surface area contributed by atoms with Crippen molar-refractivity contribution in [3.05, 3.63) is 58.9 Å². The highest BCUT2D eigenvalue weighted by Crippen LogP contribution is 2.25. The van der Waals surface area contributed by atoms with Crippen LogP contribution in [0.3, 0.4) is 0 Å². The second kappa shape index (κ2) is 8.73. The van der Waals surface area contributed by atoms with Crippen LogP contribution < -0.4 is 15.0 Å². The minimum absolute atomic E-state index is 0.00627. The Morgan fingerprint density at radius 3 is 2.64 bits per heavy atom. The molecular weight excluding hydrogens is 357 g/mol. The molecule has 2 aromatic carbocycles. The van der Waals surface area contributed by atoms with Crippen LogP contribution in [-0.2, 0) is 11.3 Å². The lowest BCUT2D eigenvalue weighted by Crippen LogP contribution is -3.08. The summed E-state index contributed by atoms with van der Waals surface area (Å²) >= 11 is 5.97. The lowest BCUT2D eigenvalue weighted by Gasteiger charge is -2.16. The van der Waals surface area contributed by atoms with Gasteiger partial charge < -0.3 is 15.0 Å². The van der Waals surface area contributed by atoms with E-state index in [4.69, 9.17) is 11.6 Å². The number of ether oxygens (including phenoxy) is 1. The Morgan fingerprint density at radius 2 is 1.96 bits per heavy atom. The average Bonchev–Trinajstić information content (AvgIpc) is 2.52. The van der Waals surface area contributed by atoms with E-state index in [9.17, 15) is 18.0 Å². The quantitative estimate of drug-likeness (QED) is 0.783. The monoisotopic (exact) mass is 373 g/mol. The molecule has 0 saturated carbocycles. The summed E-state index contributed by atoms with van der Waals surface area (Å²) < 4.78 is 42.9. The van der Waals surface area contributed by atoms with E-state index in [1.54, 1.807) is 19.2 Å². The molecule has 25 heavy (non-hydrogen) atoms. The van der Waals surface area contributed by atoms with Crippen LogP contribution in [-0.4, -0.2) is 26.1 Å². The van der Waals surface area contributed by atoms with Gasteiger partial charge in [-0.25, -0.2) is 4.39 Å². The molecule has 0 aliphatic rings. The van der Waals surface area contributed by atoms with Crippen molar-refractivity contribution in [2.45, 2.75) is 13.2 Å². The number of likely N-dealkylation sites (N-methyl/N-ethyl adjacent to an activating group) is 1. The molecule has 0 aromatic heterocycles. The van der Waals surface area contributed by atoms with Crippen molar-refractivity contribution < 1.29 is 27.6 Å². The smallest absolute Gasteiger partial charge is 0.387 e. The van der Waals surface area contributed by atoms with Crippen LogP contribution in [0.4, 0.5) is 18.9 Å². The number of halogens is 4. The molecule has 0 spiro atoms. The number of alkyl halides is 2. The zero-order valence-corrected chi connectivity index (χ0v) is 14.1.